The fourth-order valence-corrected chi connectivity index (χ4v) is 1.97. The lowest BCUT2D eigenvalue weighted by Gasteiger charge is -2.07. The number of nitrogens with zero attached hydrogens (tertiary/aromatic N) is 1. The molecule has 2 aromatic carbocycles. The first kappa shape index (κ1) is 15.0. The summed E-state index contributed by atoms with van der Waals surface area (Å²) in [5.74, 6) is -0.228. The second-order valence-corrected chi connectivity index (χ2v) is 4.89. The maximum Gasteiger partial charge on any atom is 0.311 e. The number of ketones is 1. The predicted molar refractivity (Wildman–Crippen MR) is 79.1 cm³/mol. The van der Waals surface area contributed by atoms with Crippen molar-refractivity contribution in [1.82, 2.24) is 0 Å². The molecule has 0 amide bonds. The molecule has 0 aliphatic rings. The Hall–Kier alpha value is -2.40. The lowest BCUT2D eigenvalue weighted by atomic mass is 10.1. The Kier molecular flexibility index (Phi) is 4.55. The van der Waals surface area contributed by atoms with Gasteiger partial charge in [0.15, 0.2) is 18.1 Å². The lowest BCUT2D eigenvalue weighted by Crippen LogP contribution is -2.12. The Balaban J connectivity index is 2.13. The highest BCUT2D eigenvalue weighted by atomic mass is 35.5. The second kappa shape index (κ2) is 6.37. The molecule has 0 N–H and O–H groups in total. The average molecular weight is 306 g/mol. The van der Waals surface area contributed by atoms with E-state index in [0.29, 0.717) is 10.6 Å². The maximum absolute atomic E-state index is 12.0. The van der Waals surface area contributed by atoms with Crippen LogP contribution in [0.25, 0.3) is 0 Å². The van der Waals surface area contributed by atoms with Gasteiger partial charge in [0.2, 0.25) is 0 Å². The molecule has 0 aliphatic carbocycles. The summed E-state index contributed by atoms with van der Waals surface area (Å²) >= 11 is 5.81. The van der Waals surface area contributed by atoms with Crippen LogP contribution in [-0.2, 0) is 0 Å². The predicted octanol–water partition coefficient (Wildman–Crippen LogP) is 3.82. The molecule has 0 aliphatic heterocycles. The lowest BCUT2D eigenvalue weighted by molar-refractivity contribution is -0.385. The van der Waals surface area contributed by atoms with E-state index < -0.39 is 4.92 Å². The Bertz CT molecular complexity index is 700. The van der Waals surface area contributed by atoms with E-state index in [0.717, 1.165) is 5.56 Å². The van der Waals surface area contributed by atoms with Crippen molar-refractivity contribution in [2.45, 2.75) is 6.92 Å². The summed E-state index contributed by atoms with van der Waals surface area (Å²) in [6.07, 6.45) is 0. The Morgan fingerprint density at radius 1 is 1.29 bits per heavy atom. The molecule has 0 unspecified atom stereocenters. The molecule has 2 rings (SSSR count). The molecule has 0 saturated carbocycles. The fourth-order valence-electron chi connectivity index (χ4n) is 1.78. The molecule has 0 aromatic heterocycles. The number of nitro groups is 1. The van der Waals surface area contributed by atoms with Crippen molar-refractivity contribution in [2.24, 2.45) is 0 Å². The summed E-state index contributed by atoms with van der Waals surface area (Å²) in [4.78, 5) is 22.4. The molecule has 2 aromatic rings. The molecule has 0 atom stereocenters. The van der Waals surface area contributed by atoms with E-state index in [-0.39, 0.29) is 23.8 Å². The third kappa shape index (κ3) is 3.79. The van der Waals surface area contributed by atoms with Gasteiger partial charge >= 0.3 is 5.69 Å². The fraction of sp³-hybridized carbons (Fsp3) is 0.133. The van der Waals surface area contributed by atoms with Crippen LogP contribution < -0.4 is 4.74 Å². The second-order valence-electron chi connectivity index (χ2n) is 4.45. The monoisotopic (exact) mass is 305 g/mol. The molecule has 0 heterocycles. The Morgan fingerprint density at radius 3 is 2.71 bits per heavy atom. The highest BCUT2D eigenvalue weighted by molar-refractivity contribution is 6.31. The first-order valence-electron chi connectivity index (χ1n) is 6.14. The number of carbonyl (C=O) groups is 1. The van der Waals surface area contributed by atoms with Gasteiger partial charge in [0.25, 0.3) is 0 Å². The van der Waals surface area contributed by atoms with Crippen molar-refractivity contribution in [3.8, 4) is 5.75 Å². The van der Waals surface area contributed by atoms with E-state index in [1.807, 2.05) is 0 Å². The first-order chi connectivity index (χ1) is 9.97. The highest BCUT2D eigenvalue weighted by Gasteiger charge is 2.16. The van der Waals surface area contributed by atoms with Crippen LogP contribution in [0.2, 0.25) is 5.02 Å². The van der Waals surface area contributed by atoms with E-state index in [9.17, 15) is 14.9 Å². The van der Waals surface area contributed by atoms with Crippen molar-refractivity contribution in [1.29, 1.82) is 0 Å². The molecular formula is C15H12ClNO4. The van der Waals surface area contributed by atoms with E-state index in [4.69, 9.17) is 16.3 Å². The van der Waals surface area contributed by atoms with Crippen LogP contribution in [0.1, 0.15) is 15.9 Å². The molecule has 21 heavy (non-hydrogen) atoms. The van der Waals surface area contributed by atoms with Crippen LogP contribution in [0.4, 0.5) is 5.69 Å². The molecule has 5 nitrogen and oxygen atoms in total. The topological polar surface area (TPSA) is 69.4 Å². The number of halogens is 1. The standard InChI is InChI=1S/C15H12ClNO4/c1-10-5-6-15(13(7-10)17(19)20)21-9-14(18)11-3-2-4-12(16)8-11/h2-8H,9H2,1H3. The number of benzene rings is 2. The van der Waals surface area contributed by atoms with Gasteiger partial charge in [-0.1, -0.05) is 29.8 Å². The maximum atomic E-state index is 12.0. The summed E-state index contributed by atoms with van der Waals surface area (Å²) in [7, 11) is 0. The summed E-state index contributed by atoms with van der Waals surface area (Å²) in [6.45, 7) is 1.46. The zero-order valence-electron chi connectivity index (χ0n) is 11.2. The van der Waals surface area contributed by atoms with Crippen LogP contribution in [0.5, 0.6) is 5.75 Å². The van der Waals surface area contributed by atoms with Gasteiger partial charge in [-0.15, -0.1) is 0 Å². The molecule has 0 spiro atoms. The van der Waals surface area contributed by atoms with Crippen molar-refractivity contribution < 1.29 is 14.5 Å². The normalized spacial score (nSPS) is 10.2. The minimum atomic E-state index is -0.536. The summed E-state index contributed by atoms with van der Waals surface area (Å²) < 4.78 is 5.28. The van der Waals surface area contributed by atoms with Crippen molar-refractivity contribution >= 4 is 23.1 Å². The van der Waals surface area contributed by atoms with Crippen molar-refractivity contribution in [3.63, 3.8) is 0 Å². The third-order valence-corrected chi connectivity index (χ3v) is 3.05. The molecule has 108 valence electrons. The van der Waals surface area contributed by atoms with Crippen molar-refractivity contribution in [2.75, 3.05) is 6.61 Å². The smallest absolute Gasteiger partial charge is 0.311 e. The van der Waals surface area contributed by atoms with Gasteiger partial charge in [-0.05, 0) is 30.7 Å². The molecule has 0 fully saturated rings. The zero-order chi connectivity index (χ0) is 15.4. The van der Waals surface area contributed by atoms with E-state index >= 15 is 0 Å². The minimum Gasteiger partial charge on any atom is -0.478 e. The van der Waals surface area contributed by atoms with Crippen LogP contribution in [0.15, 0.2) is 42.5 Å². The molecular weight excluding hydrogens is 294 g/mol. The van der Waals surface area contributed by atoms with Crippen LogP contribution in [0, 0.1) is 17.0 Å². The van der Waals surface area contributed by atoms with Gasteiger partial charge in [-0.2, -0.15) is 0 Å². The number of carbonyl (C=O) groups excluding carboxylic acids is 1. The quantitative estimate of drug-likeness (QED) is 0.478. The van der Waals surface area contributed by atoms with E-state index in [2.05, 4.69) is 0 Å². The molecule has 0 saturated heterocycles. The largest absolute Gasteiger partial charge is 0.478 e. The number of Topliss-reactive ketones (excluding diaryl/α,β-unsaturated/α-hetero) is 1. The highest BCUT2D eigenvalue weighted by Crippen LogP contribution is 2.27. The van der Waals surface area contributed by atoms with Gasteiger partial charge in [0.05, 0.1) is 4.92 Å². The molecule has 0 bridgehead atoms. The first-order valence-corrected chi connectivity index (χ1v) is 6.52. The summed E-state index contributed by atoms with van der Waals surface area (Å²) in [5.41, 5.74) is 0.987. The van der Waals surface area contributed by atoms with Gasteiger partial charge in [0, 0.05) is 16.7 Å². The van der Waals surface area contributed by atoms with Gasteiger partial charge in [-0.25, -0.2) is 0 Å². The number of aryl methyl sites for hydroxylation is 1. The number of hydrogen-bond acceptors (Lipinski definition) is 4. The average Bonchev–Trinajstić information content (AvgIpc) is 2.45. The Labute approximate surface area is 126 Å². The minimum absolute atomic E-state index is 0.0704. The van der Waals surface area contributed by atoms with Crippen molar-refractivity contribution in [3.05, 3.63) is 68.7 Å². The van der Waals surface area contributed by atoms with Crippen LogP contribution in [-0.4, -0.2) is 17.3 Å². The zero-order valence-corrected chi connectivity index (χ0v) is 12.0. The van der Waals surface area contributed by atoms with Gasteiger partial charge < -0.3 is 4.74 Å². The van der Waals surface area contributed by atoms with Gasteiger partial charge in [0.1, 0.15) is 0 Å². The number of rotatable bonds is 5. The van der Waals surface area contributed by atoms with Crippen LogP contribution >= 0.6 is 11.6 Å². The van der Waals surface area contributed by atoms with E-state index in [1.54, 1.807) is 31.2 Å². The number of nitro benzene ring substituents is 1. The Morgan fingerprint density at radius 2 is 2.05 bits per heavy atom. The summed E-state index contributed by atoms with van der Waals surface area (Å²) in [5, 5.41) is 11.4. The number of ether oxygens (including phenoxy) is 1. The van der Waals surface area contributed by atoms with Gasteiger partial charge in [-0.3, -0.25) is 14.9 Å². The van der Waals surface area contributed by atoms with Crippen LogP contribution in [0.3, 0.4) is 0 Å². The molecule has 6 heteroatoms. The summed E-state index contributed by atoms with van der Waals surface area (Å²) in [6, 6.07) is 11.0. The number of hydrogen-bond donors (Lipinski definition) is 0. The van der Waals surface area contributed by atoms with E-state index in [1.165, 1.54) is 18.2 Å². The molecule has 0 radical (unpaired) electrons. The SMILES string of the molecule is Cc1ccc(OCC(=O)c2cccc(Cl)c2)c([N+](=O)[O-])c1. The third-order valence-electron chi connectivity index (χ3n) is 2.82.